The highest BCUT2D eigenvalue weighted by molar-refractivity contribution is 14.0. The first-order valence-corrected chi connectivity index (χ1v) is 8.65. The second-order valence-corrected chi connectivity index (χ2v) is 6.20. The lowest BCUT2D eigenvalue weighted by molar-refractivity contribution is 0.0674. The minimum Gasteiger partial charge on any atom is -0.378 e. The van der Waals surface area contributed by atoms with Crippen LogP contribution in [0.15, 0.2) is 23.3 Å². The van der Waals surface area contributed by atoms with Gasteiger partial charge in [-0.05, 0) is 30.5 Å². The lowest BCUT2D eigenvalue weighted by atomic mass is 10.2. The molecule has 2 saturated heterocycles. The fourth-order valence-corrected chi connectivity index (χ4v) is 3.10. The van der Waals surface area contributed by atoms with Crippen LogP contribution in [0.2, 0.25) is 0 Å². The largest absolute Gasteiger partial charge is 0.378 e. The van der Waals surface area contributed by atoms with Crippen molar-refractivity contribution in [3.05, 3.63) is 23.9 Å². The molecular formula is C17H28IN5O. The van der Waals surface area contributed by atoms with Crippen molar-refractivity contribution in [1.82, 2.24) is 9.88 Å². The van der Waals surface area contributed by atoms with Crippen LogP contribution in [0.1, 0.15) is 31.2 Å². The zero-order valence-electron chi connectivity index (χ0n) is 14.2. The molecule has 2 aliphatic rings. The summed E-state index contributed by atoms with van der Waals surface area (Å²) in [4.78, 5) is 13.6. The topological polar surface area (TPSA) is 67.0 Å². The molecule has 0 bridgehead atoms. The van der Waals surface area contributed by atoms with Gasteiger partial charge in [0.25, 0.3) is 0 Å². The smallest absolute Gasteiger partial charge is 0.191 e. The Balaban J connectivity index is 0.00000208. The highest BCUT2D eigenvalue weighted by Crippen LogP contribution is 2.18. The van der Waals surface area contributed by atoms with Crippen LogP contribution in [-0.2, 0) is 11.3 Å². The van der Waals surface area contributed by atoms with Crippen LogP contribution in [0, 0.1) is 0 Å². The molecule has 0 unspecified atom stereocenters. The molecule has 0 radical (unpaired) electrons. The maximum Gasteiger partial charge on any atom is 0.191 e. The summed E-state index contributed by atoms with van der Waals surface area (Å²) in [7, 11) is 0. The van der Waals surface area contributed by atoms with Gasteiger partial charge in [-0.1, -0.05) is 12.8 Å². The van der Waals surface area contributed by atoms with Gasteiger partial charge in [0, 0.05) is 32.4 Å². The summed E-state index contributed by atoms with van der Waals surface area (Å²) in [6, 6.07) is 4.18. The summed E-state index contributed by atoms with van der Waals surface area (Å²) in [6.45, 7) is 5.92. The summed E-state index contributed by atoms with van der Waals surface area (Å²) in [6.07, 6.45) is 7.06. The van der Waals surface area contributed by atoms with Crippen molar-refractivity contribution in [3.63, 3.8) is 0 Å². The predicted octanol–water partition coefficient (Wildman–Crippen LogP) is 2.23. The molecule has 1 aromatic heterocycles. The molecule has 2 aliphatic heterocycles. The third-order valence-corrected chi connectivity index (χ3v) is 4.50. The second-order valence-electron chi connectivity index (χ2n) is 6.20. The molecule has 2 N–H and O–H groups in total. The van der Waals surface area contributed by atoms with Gasteiger partial charge >= 0.3 is 0 Å². The molecule has 0 aliphatic carbocycles. The number of aliphatic imine (C=N–C) groups is 1. The Labute approximate surface area is 161 Å². The van der Waals surface area contributed by atoms with Gasteiger partial charge in [-0.25, -0.2) is 9.98 Å². The monoisotopic (exact) mass is 445 g/mol. The molecule has 0 aromatic carbocycles. The van der Waals surface area contributed by atoms with Gasteiger partial charge in [0.15, 0.2) is 5.96 Å². The van der Waals surface area contributed by atoms with E-state index in [2.05, 4.69) is 25.8 Å². The SMILES string of the molecule is I.NC(=NCc1ccnc(N2CCCCCC2)c1)N1CCOCC1. The molecular weight excluding hydrogens is 417 g/mol. The van der Waals surface area contributed by atoms with Gasteiger partial charge in [0.1, 0.15) is 5.82 Å². The van der Waals surface area contributed by atoms with Crippen LogP contribution < -0.4 is 10.6 Å². The average molecular weight is 445 g/mol. The van der Waals surface area contributed by atoms with Crippen molar-refractivity contribution in [2.75, 3.05) is 44.3 Å². The van der Waals surface area contributed by atoms with E-state index in [-0.39, 0.29) is 24.0 Å². The normalized spacial score (nSPS) is 19.6. The number of rotatable bonds is 3. The van der Waals surface area contributed by atoms with Crippen molar-refractivity contribution >= 4 is 35.8 Å². The third-order valence-electron chi connectivity index (χ3n) is 4.50. The Hall–Kier alpha value is -1.09. The molecule has 134 valence electrons. The maximum atomic E-state index is 6.09. The first-order valence-electron chi connectivity index (χ1n) is 8.65. The molecule has 1 aromatic rings. The number of ether oxygens (including phenoxy) is 1. The number of nitrogens with zero attached hydrogens (tertiary/aromatic N) is 4. The number of nitrogens with two attached hydrogens (primary N) is 1. The molecule has 3 heterocycles. The first-order chi connectivity index (χ1) is 11.3. The van der Waals surface area contributed by atoms with Gasteiger partial charge in [-0.2, -0.15) is 0 Å². The molecule has 7 heteroatoms. The molecule has 0 spiro atoms. The zero-order valence-corrected chi connectivity index (χ0v) is 16.5. The summed E-state index contributed by atoms with van der Waals surface area (Å²) in [5, 5.41) is 0. The zero-order chi connectivity index (χ0) is 15.9. The van der Waals surface area contributed by atoms with E-state index in [1.54, 1.807) is 0 Å². The van der Waals surface area contributed by atoms with E-state index >= 15 is 0 Å². The van der Waals surface area contributed by atoms with Crippen LogP contribution >= 0.6 is 24.0 Å². The van der Waals surface area contributed by atoms with Crippen molar-refractivity contribution in [2.45, 2.75) is 32.2 Å². The molecule has 3 rings (SSSR count). The third kappa shape index (κ3) is 5.47. The molecule has 2 fully saturated rings. The van der Waals surface area contributed by atoms with Crippen LogP contribution in [0.25, 0.3) is 0 Å². The molecule has 0 saturated carbocycles. The van der Waals surface area contributed by atoms with Gasteiger partial charge in [-0.15, -0.1) is 24.0 Å². The van der Waals surface area contributed by atoms with Crippen LogP contribution in [-0.4, -0.2) is 55.2 Å². The number of pyridine rings is 1. The number of aromatic nitrogens is 1. The van der Waals surface area contributed by atoms with E-state index in [1.807, 2.05) is 12.3 Å². The van der Waals surface area contributed by atoms with Gasteiger partial charge in [0.2, 0.25) is 0 Å². The molecule has 6 nitrogen and oxygen atoms in total. The lowest BCUT2D eigenvalue weighted by Crippen LogP contribution is -2.44. The fraction of sp³-hybridized carbons (Fsp3) is 0.647. The fourth-order valence-electron chi connectivity index (χ4n) is 3.10. The Morgan fingerprint density at radius 2 is 1.83 bits per heavy atom. The van der Waals surface area contributed by atoms with E-state index in [0.717, 1.165) is 50.8 Å². The highest BCUT2D eigenvalue weighted by Gasteiger charge is 2.13. The van der Waals surface area contributed by atoms with Crippen molar-refractivity contribution in [3.8, 4) is 0 Å². The Kier molecular flexibility index (Phi) is 8.04. The standard InChI is InChI=1S/C17H27N5O.HI/c18-17(22-9-11-23-12-10-22)20-14-15-5-6-19-16(13-15)21-7-3-1-2-4-8-21;/h5-6,13H,1-4,7-12,14H2,(H2,18,20);1H. The number of morpholine rings is 1. The number of hydrogen-bond acceptors (Lipinski definition) is 4. The van der Waals surface area contributed by atoms with Gasteiger partial charge in [0.05, 0.1) is 19.8 Å². The van der Waals surface area contributed by atoms with Crippen LogP contribution in [0.3, 0.4) is 0 Å². The number of hydrogen-bond donors (Lipinski definition) is 1. The minimum atomic E-state index is 0. The van der Waals surface area contributed by atoms with Gasteiger partial charge < -0.3 is 20.3 Å². The quantitative estimate of drug-likeness (QED) is 0.439. The predicted molar refractivity (Wildman–Crippen MR) is 108 cm³/mol. The first kappa shape index (κ1) is 19.2. The van der Waals surface area contributed by atoms with Crippen molar-refractivity contribution in [2.24, 2.45) is 10.7 Å². The van der Waals surface area contributed by atoms with E-state index in [9.17, 15) is 0 Å². The molecule has 0 atom stereocenters. The summed E-state index contributed by atoms with van der Waals surface area (Å²) in [5.74, 6) is 1.69. The van der Waals surface area contributed by atoms with E-state index in [0.29, 0.717) is 12.5 Å². The van der Waals surface area contributed by atoms with Crippen LogP contribution in [0.5, 0.6) is 0 Å². The number of halogens is 1. The van der Waals surface area contributed by atoms with Crippen molar-refractivity contribution < 1.29 is 4.74 Å². The summed E-state index contributed by atoms with van der Waals surface area (Å²) in [5.41, 5.74) is 7.25. The molecule has 24 heavy (non-hydrogen) atoms. The average Bonchev–Trinajstić information content (AvgIpc) is 2.90. The van der Waals surface area contributed by atoms with E-state index in [4.69, 9.17) is 10.5 Å². The highest BCUT2D eigenvalue weighted by atomic mass is 127. The summed E-state index contributed by atoms with van der Waals surface area (Å²) < 4.78 is 5.34. The Morgan fingerprint density at radius 1 is 1.12 bits per heavy atom. The number of guanidine groups is 1. The van der Waals surface area contributed by atoms with Crippen molar-refractivity contribution in [1.29, 1.82) is 0 Å². The lowest BCUT2D eigenvalue weighted by Gasteiger charge is -2.27. The summed E-state index contributed by atoms with van der Waals surface area (Å²) >= 11 is 0. The Morgan fingerprint density at radius 3 is 2.54 bits per heavy atom. The van der Waals surface area contributed by atoms with Crippen LogP contribution in [0.4, 0.5) is 5.82 Å². The maximum absolute atomic E-state index is 6.09. The van der Waals surface area contributed by atoms with E-state index < -0.39 is 0 Å². The Bertz CT molecular complexity index is 525. The van der Waals surface area contributed by atoms with Gasteiger partial charge in [-0.3, -0.25) is 0 Å². The second kappa shape index (κ2) is 10.0. The minimum absolute atomic E-state index is 0. The molecule has 0 amide bonds. The van der Waals surface area contributed by atoms with E-state index in [1.165, 1.54) is 25.7 Å². The number of anilines is 1.